The van der Waals surface area contributed by atoms with Gasteiger partial charge in [0.1, 0.15) is 11.7 Å². The molecule has 1 aliphatic carbocycles. The van der Waals surface area contributed by atoms with Crippen molar-refractivity contribution in [3.8, 4) is 5.88 Å². The number of nitrogens with one attached hydrogen (secondary N) is 1. The molecule has 2 fully saturated rings. The summed E-state index contributed by atoms with van der Waals surface area (Å²) in [6, 6.07) is 3.74. The Hall–Kier alpha value is -2.31. The van der Waals surface area contributed by atoms with Gasteiger partial charge in [0.15, 0.2) is 0 Å². The summed E-state index contributed by atoms with van der Waals surface area (Å²) >= 11 is 0. The zero-order chi connectivity index (χ0) is 17.8. The van der Waals surface area contributed by atoms with Gasteiger partial charge < -0.3 is 19.9 Å². The Morgan fingerprint density at radius 1 is 1.28 bits per heavy atom. The Balaban J connectivity index is 1.58. The van der Waals surface area contributed by atoms with Gasteiger partial charge in [-0.3, -0.25) is 4.79 Å². The molecule has 1 saturated heterocycles. The predicted molar refractivity (Wildman–Crippen MR) is 93.6 cm³/mol. The van der Waals surface area contributed by atoms with Crippen LogP contribution in [0.1, 0.15) is 42.5 Å². The van der Waals surface area contributed by atoms with Crippen LogP contribution in [0.2, 0.25) is 0 Å². The van der Waals surface area contributed by atoms with Crippen molar-refractivity contribution in [2.24, 2.45) is 0 Å². The van der Waals surface area contributed by atoms with Gasteiger partial charge in [-0.2, -0.15) is 0 Å². The molecule has 0 radical (unpaired) electrons. The van der Waals surface area contributed by atoms with E-state index in [1.54, 1.807) is 37.3 Å². The normalized spacial score (nSPS) is 20.6. The molecular weight excluding hydrogens is 320 g/mol. The van der Waals surface area contributed by atoms with Gasteiger partial charge >= 0.3 is 6.03 Å². The van der Waals surface area contributed by atoms with Crippen LogP contribution in [0.15, 0.2) is 18.3 Å². The van der Waals surface area contributed by atoms with Crippen LogP contribution in [0.3, 0.4) is 0 Å². The molecule has 3 amide bonds. The highest BCUT2D eigenvalue weighted by Gasteiger charge is 2.30. The predicted octanol–water partition coefficient (Wildman–Crippen LogP) is 1.89. The molecule has 0 spiro atoms. The summed E-state index contributed by atoms with van der Waals surface area (Å²) in [5.74, 6) is 0.196. The van der Waals surface area contributed by atoms with Crippen LogP contribution in [0.25, 0.3) is 0 Å². The largest absolute Gasteiger partial charge is 0.472 e. The van der Waals surface area contributed by atoms with Crippen molar-refractivity contribution >= 4 is 11.9 Å². The van der Waals surface area contributed by atoms with Crippen LogP contribution in [0.4, 0.5) is 4.79 Å². The number of hydrogen-bond donors (Lipinski definition) is 1. The van der Waals surface area contributed by atoms with Gasteiger partial charge in [-0.05, 0) is 25.0 Å². The minimum Gasteiger partial charge on any atom is -0.472 e. The molecule has 2 aliphatic rings. The average molecular weight is 346 g/mol. The highest BCUT2D eigenvalue weighted by Crippen LogP contribution is 2.22. The number of carbonyl (C=O) groups excluding carboxylic acids is 2. The first-order valence-corrected chi connectivity index (χ1v) is 8.93. The number of carbonyl (C=O) groups is 2. The van der Waals surface area contributed by atoms with Crippen LogP contribution in [0, 0.1) is 0 Å². The van der Waals surface area contributed by atoms with Gasteiger partial charge in [0.05, 0.1) is 6.54 Å². The highest BCUT2D eigenvalue weighted by molar-refractivity contribution is 5.96. The minimum atomic E-state index is -0.142. The first-order valence-electron chi connectivity index (χ1n) is 8.93. The van der Waals surface area contributed by atoms with E-state index < -0.39 is 0 Å². The Morgan fingerprint density at radius 3 is 2.76 bits per heavy atom. The number of likely N-dealkylation sites (tertiary alicyclic amines) is 1. The lowest BCUT2D eigenvalue weighted by molar-refractivity contribution is 0.0818. The van der Waals surface area contributed by atoms with Crippen molar-refractivity contribution < 1.29 is 14.3 Å². The van der Waals surface area contributed by atoms with E-state index in [0.29, 0.717) is 30.6 Å². The van der Waals surface area contributed by atoms with E-state index in [2.05, 4.69) is 10.3 Å². The van der Waals surface area contributed by atoms with Crippen molar-refractivity contribution in [1.29, 1.82) is 0 Å². The molecule has 1 aromatic rings. The fourth-order valence-electron chi connectivity index (χ4n) is 3.39. The van der Waals surface area contributed by atoms with Crippen molar-refractivity contribution in [3.63, 3.8) is 0 Å². The number of aromatic nitrogens is 1. The lowest BCUT2D eigenvalue weighted by atomic mass is 10.2. The van der Waals surface area contributed by atoms with Crippen molar-refractivity contribution in [2.45, 2.75) is 44.2 Å². The quantitative estimate of drug-likeness (QED) is 0.903. The second kappa shape index (κ2) is 7.72. The van der Waals surface area contributed by atoms with Crippen molar-refractivity contribution in [3.05, 3.63) is 23.9 Å². The Morgan fingerprint density at radius 2 is 2.04 bits per heavy atom. The molecule has 7 heteroatoms. The number of urea groups is 1. The van der Waals surface area contributed by atoms with Gasteiger partial charge in [-0.25, -0.2) is 9.78 Å². The molecule has 25 heavy (non-hydrogen) atoms. The fourth-order valence-corrected chi connectivity index (χ4v) is 3.39. The standard InChI is InChI=1S/C18H26N4O3/c1-21(2)17(23)15-8-5-10-19-16(15)25-14-9-11-22(12-14)18(24)20-13-6-3-4-7-13/h5,8,10,13-14H,3-4,6-7,9,11-12H2,1-2H3,(H,20,24). The van der Waals surface area contributed by atoms with Gasteiger partial charge in [0.2, 0.25) is 5.88 Å². The first-order chi connectivity index (χ1) is 12.0. The molecule has 1 N–H and O–H groups in total. The average Bonchev–Trinajstić information content (AvgIpc) is 3.26. The number of rotatable bonds is 4. The lowest BCUT2D eigenvalue weighted by Gasteiger charge is -2.21. The number of amides is 3. The third-order valence-corrected chi connectivity index (χ3v) is 4.80. The second-order valence-corrected chi connectivity index (χ2v) is 6.96. The van der Waals surface area contributed by atoms with E-state index in [-0.39, 0.29) is 18.0 Å². The van der Waals surface area contributed by atoms with Crippen LogP contribution >= 0.6 is 0 Å². The summed E-state index contributed by atoms with van der Waals surface area (Å²) in [6.45, 7) is 1.18. The van der Waals surface area contributed by atoms with Gasteiger partial charge in [-0.15, -0.1) is 0 Å². The summed E-state index contributed by atoms with van der Waals surface area (Å²) in [5, 5.41) is 3.10. The molecule has 2 heterocycles. The van der Waals surface area contributed by atoms with E-state index in [0.717, 1.165) is 19.3 Å². The third-order valence-electron chi connectivity index (χ3n) is 4.80. The summed E-state index contributed by atoms with van der Waals surface area (Å²) in [7, 11) is 3.40. The van der Waals surface area contributed by atoms with Gasteiger partial charge in [-0.1, -0.05) is 12.8 Å². The highest BCUT2D eigenvalue weighted by atomic mass is 16.5. The zero-order valence-corrected chi connectivity index (χ0v) is 14.9. The monoisotopic (exact) mass is 346 g/mol. The van der Waals surface area contributed by atoms with Crippen LogP contribution in [0.5, 0.6) is 5.88 Å². The first kappa shape index (κ1) is 17.5. The number of nitrogens with zero attached hydrogens (tertiary/aromatic N) is 3. The molecule has 1 atom stereocenters. The van der Waals surface area contributed by atoms with E-state index >= 15 is 0 Å². The van der Waals surface area contributed by atoms with E-state index in [1.165, 1.54) is 17.7 Å². The third kappa shape index (κ3) is 4.21. The Kier molecular flexibility index (Phi) is 5.40. The molecule has 7 nitrogen and oxygen atoms in total. The molecule has 1 aliphatic heterocycles. The van der Waals surface area contributed by atoms with Crippen LogP contribution in [-0.2, 0) is 0 Å². The lowest BCUT2D eigenvalue weighted by Crippen LogP contribution is -2.43. The van der Waals surface area contributed by atoms with Crippen molar-refractivity contribution in [2.75, 3.05) is 27.2 Å². The van der Waals surface area contributed by atoms with Gasteiger partial charge in [0, 0.05) is 39.3 Å². The Bertz CT molecular complexity index is 629. The number of pyridine rings is 1. The second-order valence-electron chi connectivity index (χ2n) is 6.96. The summed E-state index contributed by atoms with van der Waals surface area (Å²) in [4.78, 5) is 32.1. The number of ether oxygens (including phenoxy) is 1. The maximum Gasteiger partial charge on any atom is 0.317 e. The maximum atomic E-state index is 12.3. The molecule has 1 saturated carbocycles. The van der Waals surface area contributed by atoms with Gasteiger partial charge in [0.25, 0.3) is 5.91 Å². The van der Waals surface area contributed by atoms with E-state index in [1.807, 2.05) is 0 Å². The maximum absolute atomic E-state index is 12.3. The summed E-state index contributed by atoms with van der Waals surface area (Å²) in [5.41, 5.74) is 0.446. The molecule has 0 aromatic carbocycles. The molecule has 1 unspecified atom stereocenters. The molecule has 3 rings (SSSR count). The van der Waals surface area contributed by atoms with Crippen molar-refractivity contribution in [1.82, 2.24) is 20.1 Å². The van der Waals surface area contributed by atoms with Crippen LogP contribution in [-0.4, -0.2) is 66.1 Å². The minimum absolute atomic E-state index is 0.0105. The summed E-state index contributed by atoms with van der Waals surface area (Å²) < 4.78 is 5.95. The Labute approximate surface area is 148 Å². The molecular formula is C18H26N4O3. The topological polar surface area (TPSA) is 74.8 Å². The van der Waals surface area contributed by atoms with Crippen LogP contribution < -0.4 is 10.1 Å². The van der Waals surface area contributed by atoms with E-state index in [4.69, 9.17) is 4.74 Å². The number of hydrogen-bond acceptors (Lipinski definition) is 4. The van der Waals surface area contributed by atoms with E-state index in [9.17, 15) is 9.59 Å². The molecule has 0 bridgehead atoms. The molecule has 1 aromatic heterocycles. The fraction of sp³-hybridized carbons (Fsp3) is 0.611. The molecule has 136 valence electrons. The summed E-state index contributed by atoms with van der Waals surface area (Å²) in [6.07, 6.45) is 6.74. The zero-order valence-electron chi connectivity index (χ0n) is 14.9. The smallest absolute Gasteiger partial charge is 0.317 e. The SMILES string of the molecule is CN(C)C(=O)c1cccnc1OC1CCN(C(=O)NC2CCCC2)C1.